The lowest BCUT2D eigenvalue weighted by atomic mass is 10.1. The van der Waals surface area contributed by atoms with Crippen molar-refractivity contribution in [1.82, 2.24) is 0 Å². The molecular formula is C8H18NO2PS2. The molecular weight excluding hydrogens is 237 g/mol. The van der Waals surface area contributed by atoms with Gasteiger partial charge >= 0.3 is 0 Å². The number of carbonyl (C=O) groups is 1. The third-order valence-electron chi connectivity index (χ3n) is 1.90. The molecule has 0 bridgehead atoms. The average molecular weight is 255 g/mol. The second kappa shape index (κ2) is 6.81. The van der Waals surface area contributed by atoms with Crippen LogP contribution in [0.5, 0.6) is 0 Å². The Hall–Kier alpha value is 0.400. The maximum atomic E-state index is 11.5. The van der Waals surface area contributed by atoms with Crippen LogP contribution in [0, 0.1) is 0 Å². The smallest absolute Gasteiger partial charge is 0.217 e. The molecule has 1 unspecified atom stereocenters. The third kappa shape index (κ3) is 7.77. The fourth-order valence-corrected chi connectivity index (χ4v) is 3.20. The molecule has 0 spiro atoms. The van der Waals surface area contributed by atoms with Gasteiger partial charge in [-0.3, -0.25) is 4.79 Å². The molecule has 0 aliphatic heterocycles. The summed E-state index contributed by atoms with van der Waals surface area (Å²) in [5, 5.41) is 0. The molecule has 3 nitrogen and oxygen atoms in total. The van der Waals surface area contributed by atoms with Crippen molar-refractivity contribution < 1.29 is 9.36 Å². The molecule has 0 saturated carbocycles. The molecule has 2 N–H and O–H groups in total. The van der Waals surface area contributed by atoms with E-state index in [-0.39, 0.29) is 17.1 Å². The lowest BCUT2D eigenvalue weighted by Gasteiger charge is -2.20. The fraction of sp³-hybridized carbons (Fsp3) is 0.875. The molecule has 1 atom stereocenters. The Kier molecular flexibility index (Phi) is 7.00. The SMILES string of the molecule is CC(C)(CC[PH](=O)CCC(N)=O)SS. The minimum absolute atomic E-state index is 0.0517. The molecule has 0 rings (SSSR count). The van der Waals surface area contributed by atoms with E-state index in [1.54, 1.807) is 0 Å². The minimum Gasteiger partial charge on any atom is -0.370 e. The molecule has 0 radical (unpaired) electrons. The maximum absolute atomic E-state index is 11.5. The minimum atomic E-state index is -1.63. The molecule has 0 heterocycles. The van der Waals surface area contributed by atoms with Crippen molar-refractivity contribution in [2.75, 3.05) is 12.3 Å². The second-order valence-corrected chi connectivity index (χ2v) is 7.77. The van der Waals surface area contributed by atoms with Crippen LogP contribution >= 0.6 is 30.3 Å². The van der Waals surface area contributed by atoms with Gasteiger partial charge in [-0.15, -0.1) is 11.7 Å². The number of nitrogens with two attached hydrogens (primary N) is 1. The van der Waals surface area contributed by atoms with Crippen LogP contribution in [0.4, 0.5) is 0 Å². The van der Waals surface area contributed by atoms with Gasteiger partial charge in [-0.1, -0.05) is 10.8 Å². The van der Waals surface area contributed by atoms with Gasteiger partial charge in [0.2, 0.25) is 5.91 Å². The molecule has 0 aromatic heterocycles. The Bertz CT molecular complexity index is 221. The summed E-state index contributed by atoms with van der Waals surface area (Å²) in [6.45, 7) is 4.13. The predicted molar refractivity (Wildman–Crippen MR) is 67.8 cm³/mol. The summed E-state index contributed by atoms with van der Waals surface area (Å²) in [5.41, 5.74) is 4.97. The van der Waals surface area contributed by atoms with Crippen molar-refractivity contribution in [2.24, 2.45) is 5.73 Å². The Labute approximate surface area is 95.2 Å². The molecule has 14 heavy (non-hydrogen) atoms. The molecule has 84 valence electrons. The highest BCUT2D eigenvalue weighted by Gasteiger charge is 2.17. The zero-order valence-corrected chi connectivity index (χ0v) is 11.3. The van der Waals surface area contributed by atoms with Crippen LogP contribution < -0.4 is 5.73 Å². The maximum Gasteiger partial charge on any atom is 0.217 e. The zero-order chi connectivity index (χ0) is 11.2. The van der Waals surface area contributed by atoms with Gasteiger partial charge < -0.3 is 10.3 Å². The Morgan fingerprint density at radius 2 is 2.07 bits per heavy atom. The zero-order valence-electron chi connectivity index (χ0n) is 8.58. The Morgan fingerprint density at radius 1 is 1.50 bits per heavy atom. The summed E-state index contributed by atoms with van der Waals surface area (Å²) < 4.78 is 11.5. The number of primary amides is 1. The van der Waals surface area contributed by atoms with Crippen molar-refractivity contribution >= 4 is 36.2 Å². The highest BCUT2D eigenvalue weighted by atomic mass is 33.1. The number of rotatable bonds is 7. The van der Waals surface area contributed by atoms with Gasteiger partial charge in [0.15, 0.2) is 0 Å². The summed E-state index contributed by atoms with van der Waals surface area (Å²) in [7, 11) is -0.152. The largest absolute Gasteiger partial charge is 0.370 e. The van der Waals surface area contributed by atoms with E-state index in [0.29, 0.717) is 12.3 Å². The van der Waals surface area contributed by atoms with Gasteiger partial charge in [-0.25, -0.2) is 0 Å². The van der Waals surface area contributed by atoms with Crippen molar-refractivity contribution in [3.8, 4) is 0 Å². The van der Waals surface area contributed by atoms with E-state index in [2.05, 4.69) is 25.5 Å². The van der Waals surface area contributed by atoms with Gasteiger partial charge in [0.05, 0.1) is 7.80 Å². The van der Waals surface area contributed by atoms with E-state index >= 15 is 0 Å². The number of thiol groups is 1. The number of amides is 1. The lowest BCUT2D eigenvalue weighted by molar-refractivity contribution is -0.117. The van der Waals surface area contributed by atoms with E-state index < -0.39 is 7.80 Å². The molecule has 0 saturated heterocycles. The van der Waals surface area contributed by atoms with Crippen molar-refractivity contribution in [3.63, 3.8) is 0 Å². The molecule has 0 fully saturated rings. The first-order valence-corrected chi connectivity index (χ1v) is 8.19. The van der Waals surface area contributed by atoms with Gasteiger partial charge in [-0.05, 0) is 26.4 Å². The number of carbonyl (C=O) groups excluding carboxylic acids is 1. The van der Waals surface area contributed by atoms with Crippen LogP contribution in [-0.2, 0) is 9.36 Å². The van der Waals surface area contributed by atoms with Crippen molar-refractivity contribution in [1.29, 1.82) is 0 Å². The first-order valence-electron chi connectivity index (χ1n) is 4.50. The first-order chi connectivity index (χ1) is 6.37. The number of hydrogen-bond donors (Lipinski definition) is 2. The first kappa shape index (κ1) is 14.4. The van der Waals surface area contributed by atoms with Crippen molar-refractivity contribution in [2.45, 2.75) is 31.4 Å². The van der Waals surface area contributed by atoms with E-state index in [1.807, 2.05) is 0 Å². The summed E-state index contributed by atoms with van der Waals surface area (Å²) in [4.78, 5) is 10.4. The summed E-state index contributed by atoms with van der Waals surface area (Å²) in [6, 6.07) is 0. The molecule has 0 aliphatic rings. The molecule has 0 aliphatic carbocycles. The molecule has 0 aromatic rings. The summed E-state index contributed by atoms with van der Waals surface area (Å²) >= 11 is 4.14. The van der Waals surface area contributed by atoms with E-state index in [1.165, 1.54) is 10.8 Å². The Balaban J connectivity index is 3.69. The van der Waals surface area contributed by atoms with Crippen LogP contribution in [0.2, 0.25) is 0 Å². The number of hydrogen-bond acceptors (Lipinski definition) is 4. The van der Waals surface area contributed by atoms with Crippen LogP contribution in [-0.4, -0.2) is 23.0 Å². The van der Waals surface area contributed by atoms with Gasteiger partial charge in [0.1, 0.15) is 0 Å². The van der Waals surface area contributed by atoms with Crippen LogP contribution in [0.25, 0.3) is 0 Å². The van der Waals surface area contributed by atoms with E-state index in [4.69, 9.17) is 5.73 Å². The standard InChI is InChI=1S/C8H18NO2PS2/c1-8(2,14-13)4-6-12(11)5-3-7(9)10/h12-13H,3-6H2,1-2H3,(H2,9,10). The fourth-order valence-electron chi connectivity index (χ4n) is 0.874. The summed E-state index contributed by atoms with van der Waals surface area (Å²) in [5.74, 6) is -0.369. The monoisotopic (exact) mass is 255 g/mol. The average Bonchev–Trinajstić information content (AvgIpc) is 2.11. The highest BCUT2D eigenvalue weighted by Crippen LogP contribution is 2.35. The molecule has 1 amide bonds. The van der Waals surface area contributed by atoms with Crippen molar-refractivity contribution in [3.05, 3.63) is 0 Å². The van der Waals surface area contributed by atoms with E-state index in [9.17, 15) is 9.36 Å². The molecule has 0 aromatic carbocycles. The van der Waals surface area contributed by atoms with Gasteiger partial charge in [0.25, 0.3) is 0 Å². The topological polar surface area (TPSA) is 60.2 Å². The Morgan fingerprint density at radius 3 is 2.50 bits per heavy atom. The quantitative estimate of drug-likeness (QED) is 0.416. The van der Waals surface area contributed by atoms with Crippen LogP contribution in [0.3, 0.4) is 0 Å². The third-order valence-corrected chi connectivity index (χ3v) is 5.70. The lowest BCUT2D eigenvalue weighted by Crippen LogP contribution is -2.14. The second-order valence-electron chi connectivity index (χ2n) is 3.86. The van der Waals surface area contributed by atoms with Gasteiger partial charge in [0, 0.05) is 17.3 Å². The van der Waals surface area contributed by atoms with Crippen LogP contribution in [0.1, 0.15) is 26.7 Å². The predicted octanol–water partition coefficient (Wildman–Crippen LogP) is 2.17. The molecule has 6 heteroatoms. The normalized spacial score (nSPS) is 13.9. The summed E-state index contributed by atoms with van der Waals surface area (Å²) in [6.07, 6.45) is 2.23. The highest BCUT2D eigenvalue weighted by molar-refractivity contribution is 8.69. The van der Waals surface area contributed by atoms with Crippen LogP contribution in [0.15, 0.2) is 0 Å². The van der Waals surface area contributed by atoms with E-state index in [0.717, 1.165) is 6.42 Å². The van der Waals surface area contributed by atoms with Gasteiger partial charge in [-0.2, -0.15) is 0 Å².